The van der Waals surface area contributed by atoms with E-state index in [0.717, 1.165) is 18.4 Å². The van der Waals surface area contributed by atoms with Gasteiger partial charge in [0.2, 0.25) is 0 Å². The average Bonchev–Trinajstić information content (AvgIpc) is 2.47. The van der Waals surface area contributed by atoms with Crippen molar-refractivity contribution in [3.05, 3.63) is 36.0 Å². The van der Waals surface area contributed by atoms with Gasteiger partial charge >= 0.3 is 0 Å². The molecular weight excluding hydrogens is 172 g/mol. The molecule has 14 heavy (non-hydrogen) atoms. The Bertz CT molecular complexity index is 273. The third kappa shape index (κ3) is 2.16. The first-order valence-electron chi connectivity index (χ1n) is 5.33. The van der Waals surface area contributed by atoms with Crippen LogP contribution in [0.4, 0.5) is 0 Å². The minimum atomic E-state index is -0.116. The van der Waals surface area contributed by atoms with Crippen LogP contribution in [0.3, 0.4) is 0 Å². The van der Waals surface area contributed by atoms with E-state index in [1.165, 1.54) is 5.57 Å². The molecule has 0 N–H and O–H groups in total. The molecule has 1 saturated heterocycles. The minimum absolute atomic E-state index is 0.116. The molecule has 0 aliphatic carbocycles. The van der Waals surface area contributed by atoms with Crippen LogP contribution < -0.4 is 0 Å². The predicted octanol–water partition coefficient (Wildman–Crippen LogP) is 3.63. The number of hydrogen-bond acceptors (Lipinski definition) is 1. The van der Waals surface area contributed by atoms with E-state index >= 15 is 0 Å². The van der Waals surface area contributed by atoms with Crippen molar-refractivity contribution in [3.63, 3.8) is 0 Å². The standard InChI is InChI=1S/C13H20O/c1-5-7-8-9-12-11(3)10-14-13(12,4)6-2/h7-9H,3,5-6,10H2,1-2,4H3/b8-7-,12-9+. The van der Waals surface area contributed by atoms with Gasteiger partial charge in [0.15, 0.2) is 0 Å². The summed E-state index contributed by atoms with van der Waals surface area (Å²) in [7, 11) is 0. The van der Waals surface area contributed by atoms with E-state index in [2.05, 4.69) is 45.6 Å². The van der Waals surface area contributed by atoms with Gasteiger partial charge in [-0.05, 0) is 30.9 Å². The third-order valence-electron chi connectivity index (χ3n) is 2.82. The molecule has 1 rings (SSSR count). The highest BCUT2D eigenvalue weighted by molar-refractivity contribution is 5.42. The van der Waals surface area contributed by atoms with Crippen LogP contribution in [0.2, 0.25) is 0 Å². The van der Waals surface area contributed by atoms with Crippen molar-refractivity contribution in [1.29, 1.82) is 0 Å². The molecule has 1 aliphatic heterocycles. The Kier molecular flexibility index (Phi) is 3.70. The molecule has 0 radical (unpaired) electrons. The monoisotopic (exact) mass is 192 g/mol. The Morgan fingerprint density at radius 2 is 2.21 bits per heavy atom. The fourth-order valence-electron chi connectivity index (χ4n) is 1.66. The zero-order chi connectivity index (χ0) is 10.6. The van der Waals surface area contributed by atoms with Crippen LogP contribution in [-0.2, 0) is 4.74 Å². The third-order valence-corrected chi connectivity index (χ3v) is 2.82. The molecule has 0 aromatic rings. The van der Waals surface area contributed by atoms with Crippen LogP contribution in [0.15, 0.2) is 36.0 Å². The van der Waals surface area contributed by atoms with Gasteiger partial charge in [0.25, 0.3) is 0 Å². The maximum absolute atomic E-state index is 5.74. The molecule has 0 bridgehead atoms. The molecule has 0 saturated carbocycles. The summed E-state index contributed by atoms with van der Waals surface area (Å²) < 4.78 is 5.74. The molecule has 0 aromatic heterocycles. The summed E-state index contributed by atoms with van der Waals surface area (Å²) in [5.74, 6) is 0. The Labute approximate surface area is 87.2 Å². The maximum atomic E-state index is 5.74. The Balaban J connectivity index is 2.87. The van der Waals surface area contributed by atoms with Crippen LogP contribution in [0.25, 0.3) is 0 Å². The highest BCUT2D eigenvalue weighted by atomic mass is 16.5. The predicted molar refractivity (Wildman–Crippen MR) is 61.3 cm³/mol. The van der Waals surface area contributed by atoms with Crippen molar-refractivity contribution in [2.24, 2.45) is 0 Å². The van der Waals surface area contributed by atoms with E-state index in [-0.39, 0.29) is 5.60 Å². The lowest BCUT2D eigenvalue weighted by Crippen LogP contribution is -2.23. The van der Waals surface area contributed by atoms with Crippen molar-refractivity contribution >= 4 is 0 Å². The second-order valence-corrected chi connectivity index (χ2v) is 3.89. The van der Waals surface area contributed by atoms with Crippen molar-refractivity contribution in [3.8, 4) is 0 Å². The maximum Gasteiger partial charge on any atom is 0.0908 e. The van der Waals surface area contributed by atoms with Crippen LogP contribution in [0, 0.1) is 0 Å². The molecular formula is C13H20O. The first kappa shape index (κ1) is 11.3. The summed E-state index contributed by atoms with van der Waals surface area (Å²) in [6.07, 6.45) is 8.46. The number of hydrogen-bond donors (Lipinski definition) is 0. The van der Waals surface area contributed by atoms with Crippen LogP contribution in [0.5, 0.6) is 0 Å². The van der Waals surface area contributed by atoms with Gasteiger partial charge in [-0.15, -0.1) is 0 Å². The first-order chi connectivity index (χ1) is 6.64. The summed E-state index contributed by atoms with van der Waals surface area (Å²) in [5, 5.41) is 0. The molecule has 78 valence electrons. The van der Waals surface area contributed by atoms with Crippen molar-refractivity contribution < 1.29 is 4.74 Å². The molecule has 0 spiro atoms. The normalized spacial score (nSPS) is 30.8. The van der Waals surface area contributed by atoms with Gasteiger partial charge in [-0.25, -0.2) is 0 Å². The SMILES string of the molecule is C=C1COC(C)(CC)/C1=C/C=C\CC. The molecule has 0 aromatic carbocycles. The van der Waals surface area contributed by atoms with Crippen molar-refractivity contribution in [2.45, 2.75) is 39.2 Å². The van der Waals surface area contributed by atoms with E-state index in [9.17, 15) is 0 Å². The highest BCUT2D eigenvalue weighted by Crippen LogP contribution is 2.36. The zero-order valence-corrected chi connectivity index (χ0v) is 9.47. The summed E-state index contributed by atoms with van der Waals surface area (Å²) in [5.41, 5.74) is 2.26. The minimum Gasteiger partial charge on any atom is -0.366 e. The fraction of sp³-hybridized carbons (Fsp3) is 0.538. The Morgan fingerprint density at radius 1 is 1.50 bits per heavy atom. The van der Waals surface area contributed by atoms with E-state index in [4.69, 9.17) is 4.74 Å². The lowest BCUT2D eigenvalue weighted by Gasteiger charge is -2.22. The van der Waals surface area contributed by atoms with E-state index < -0.39 is 0 Å². The Morgan fingerprint density at radius 3 is 2.79 bits per heavy atom. The largest absolute Gasteiger partial charge is 0.366 e. The molecule has 1 nitrogen and oxygen atoms in total. The number of rotatable bonds is 3. The quantitative estimate of drug-likeness (QED) is 0.663. The average molecular weight is 192 g/mol. The first-order valence-corrected chi connectivity index (χ1v) is 5.33. The molecule has 1 heterocycles. The van der Waals surface area contributed by atoms with Gasteiger partial charge in [-0.1, -0.05) is 38.7 Å². The summed E-state index contributed by atoms with van der Waals surface area (Å²) in [6.45, 7) is 11.1. The lowest BCUT2D eigenvalue weighted by molar-refractivity contribution is 0.0397. The molecule has 1 fully saturated rings. The van der Waals surface area contributed by atoms with Crippen LogP contribution >= 0.6 is 0 Å². The summed E-state index contributed by atoms with van der Waals surface area (Å²) in [4.78, 5) is 0. The van der Waals surface area contributed by atoms with Gasteiger partial charge in [0.05, 0.1) is 12.2 Å². The van der Waals surface area contributed by atoms with Gasteiger partial charge in [0.1, 0.15) is 0 Å². The second-order valence-electron chi connectivity index (χ2n) is 3.89. The Hall–Kier alpha value is -0.820. The summed E-state index contributed by atoms with van der Waals surface area (Å²) in [6, 6.07) is 0. The molecule has 1 unspecified atom stereocenters. The zero-order valence-electron chi connectivity index (χ0n) is 9.47. The number of ether oxygens (including phenoxy) is 1. The highest BCUT2D eigenvalue weighted by Gasteiger charge is 2.34. The van der Waals surface area contributed by atoms with Gasteiger partial charge in [-0.3, -0.25) is 0 Å². The summed E-state index contributed by atoms with van der Waals surface area (Å²) >= 11 is 0. The van der Waals surface area contributed by atoms with Gasteiger partial charge in [0, 0.05) is 0 Å². The topological polar surface area (TPSA) is 9.23 Å². The van der Waals surface area contributed by atoms with Crippen molar-refractivity contribution in [2.75, 3.05) is 6.61 Å². The number of allylic oxidation sites excluding steroid dienone is 3. The van der Waals surface area contributed by atoms with Crippen LogP contribution in [-0.4, -0.2) is 12.2 Å². The van der Waals surface area contributed by atoms with E-state index in [1.54, 1.807) is 0 Å². The van der Waals surface area contributed by atoms with Crippen molar-refractivity contribution in [1.82, 2.24) is 0 Å². The molecule has 1 atom stereocenters. The molecule has 1 heteroatoms. The van der Waals surface area contributed by atoms with E-state index in [1.807, 2.05) is 0 Å². The molecule has 1 aliphatic rings. The van der Waals surface area contributed by atoms with E-state index in [0.29, 0.717) is 6.61 Å². The fourth-order valence-corrected chi connectivity index (χ4v) is 1.66. The lowest BCUT2D eigenvalue weighted by atomic mass is 9.90. The van der Waals surface area contributed by atoms with Crippen LogP contribution in [0.1, 0.15) is 33.6 Å². The molecule has 0 amide bonds. The van der Waals surface area contributed by atoms with Gasteiger partial charge < -0.3 is 4.74 Å². The van der Waals surface area contributed by atoms with Gasteiger partial charge in [-0.2, -0.15) is 0 Å². The smallest absolute Gasteiger partial charge is 0.0908 e. The second kappa shape index (κ2) is 4.61.